The Morgan fingerprint density at radius 2 is 1.88 bits per heavy atom. The largest absolute Gasteiger partial charge is 0.493 e. The Morgan fingerprint density at radius 3 is 2.46 bits per heavy atom. The topological polar surface area (TPSA) is 111 Å². The van der Waals surface area contributed by atoms with Gasteiger partial charge >= 0.3 is 5.97 Å². The van der Waals surface area contributed by atoms with Crippen molar-refractivity contribution >= 4 is 17.7 Å². The smallest absolute Gasteiger partial charge is 0.348 e. The Kier molecular flexibility index (Phi) is 4.83. The molecule has 138 valence electrons. The standard InChI is InChI=1S/C18H22N4O4/c1-12-11-15(21-17(19)20-12)22-9-7-18(8-10-22,16(23)24)26-14-6-4-3-5-13(14)25-2/h3-6,11H,7-10H2,1-2H3,(H,23,24)(H2,19,20,21). The summed E-state index contributed by atoms with van der Waals surface area (Å²) >= 11 is 0. The fourth-order valence-corrected chi connectivity index (χ4v) is 3.11. The number of ether oxygens (including phenoxy) is 2. The average molecular weight is 358 g/mol. The Labute approximate surface area is 151 Å². The van der Waals surface area contributed by atoms with Gasteiger partial charge in [0, 0.05) is 37.7 Å². The van der Waals surface area contributed by atoms with Crippen molar-refractivity contribution in [2.45, 2.75) is 25.4 Å². The lowest BCUT2D eigenvalue weighted by molar-refractivity contribution is -0.157. The number of nitrogen functional groups attached to an aromatic ring is 1. The van der Waals surface area contributed by atoms with E-state index < -0.39 is 11.6 Å². The van der Waals surface area contributed by atoms with Gasteiger partial charge in [0.1, 0.15) is 5.82 Å². The molecule has 0 radical (unpaired) electrons. The third-order valence-corrected chi connectivity index (χ3v) is 4.52. The maximum absolute atomic E-state index is 12.0. The number of nitrogens with zero attached hydrogens (tertiary/aromatic N) is 3. The summed E-state index contributed by atoms with van der Waals surface area (Å²) in [5.74, 6) is 0.857. The van der Waals surface area contributed by atoms with Crippen molar-refractivity contribution in [2.24, 2.45) is 0 Å². The number of anilines is 2. The highest BCUT2D eigenvalue weighted by molar-refractivity contribution is 5.78. The first kappa shape index (κ1) is 17.8. The summed E-state index contributed by atoms with van der Waals surface area (Å²) in [6.45, 7) is 2.81. The van der Waals surface area contributed by atoms with Crippen LogP contribution in [0.25, 0.3) is 0 Å². The SMILES string of the molecule is COc1ccccc1OC1(C(=O)O)CCN(c2cc(C)nc(N)n2)CC1. The predicted octanol–water partition coefficient (Wildman–Crippen LogP) is 1.88. The summed E-state index contributed by atoms with van der Waals surface area (Å²) in [6.07, 6.45) is 0.618. The first-order chi connectivity index (χ1) is 12.4. The maximum atomic E-state index is 12.0. The summed E-state index contributed by atoms with van der Waals surface area (Å²) in [6, 6.07) is 8.89. The fraction of sp³-hybridized carbons (Fsp3) is 0.389. The molecular weight excluding hydrogens is 336 g/mol. The summed E-state index contributed by atoms with van der Waals surface area (Å²) in [4.78, 5) is 22.3. The molecule has 1 saturated heterocycles. The van der Waals surface area contributed by atoms with Gasteiger partial charge in [-0.25, -0.2) is 9.78 Å². The number of aryl methyl sites for hydroxylation is 1. The average Bonchev–Trinajstić information content (AvgIpc) is 2.62. The van der Waals surface area contributed by atoms with E-state index >= 15 is 0 Å². The summed E-state index contributed by atoms with van der Waals surface area (Å²) in [5, 5.41) is 9.83. The Morgan fingerprint density at radius 1 is 1.23 bits per heavy atom. The van der Waals surface area contributed by atoms with Crippen LogP contribution in [0, 0.1) is 6.92 Å². The zero-order valence-corrected chi connectivity index (χ0v) is 14.8. The van der Waals surface area contributed by atoms with E-state index in [1.165, 1.54) is 7.11 Å². The summed E-state index contributed by atoms with van der Waals surface area (Å²) in [7, 11) is 1.53. The molecule has 3 rings (SSSR count). The van der Waals surface area contributed by atoms with Crippen LogP contribution in [0.5, 0.6) is 11.5 Å². The zero-order chi connectivity index (χ0) is 18.7. The Hall–Kier alpha value is -3.03. The molecule has 0 unspecified atom stereocenters. The Balaban J connectivity index is 1.80. The van der Waals surface area contributed by atoms with E-state index in [1.807, 2.05) is 24.0 Å². The lowest BCUT2D eigenvalue weighted by Crippen LogP contribution is -2.53. The molecule has 1 aliphatic rings. The van der Waals surface area contributed by atoms with Crippen LogP contribution in [-0.2, 0) is 4.79 Å². The molecule has 2 aromatic rings. The second-order valence-corrected chi connectivity index (χ2v) is 6.27. The lowest BCUT2D eigenvalue weighted by atomic mass is 9.91. The number of aromatic nitrogens is 2. The van der Waals surface area contributed by atoms with Crippen molar-refractivity contribution in [3.8, 4) is 11.5 Å². The first-order valence-electron chi connectivity index (χ1n) is 8.35. The molecule has 3 N–H and O–H groups in total. The third kappa shape index (κ3) is 3.49. The van der Waals surface area contributed by atoms with Crippen molar-refractivity contribution < 1.29 is 19.4 Å². The van der Waals surface area contributed by atoms with E-state index in [9.17, 15) is 9.90 Å². The van der Waals surface area contributed by atoms with Crippen molar-refractivity contribution in [2.75, 3.05) is 30.8 Å². The van der Waals surface area contributed by atoms with E-state index in [0.29, 0.717) is 43.2 Å². The van der Waals surface area contributed by atoms with E-state index in [0.717, 1.165) is 5.69 Å². The molecule has 2 heterocycles. The number of hydrogen-bond donors (Lipinski definition) is 2. The van der Waals surface area contributed by atoms with E-state index in [1.54, 1.807) is 18.2 Å². The molecule has 26 heavy (non-hydrogen) atoms. The van der Waals surface area contributed by atoms with E-state index in [2.05, 4.69) is 9.97 Å². The molecule has 1 aromatic carbocycles. The van der Waals surface area contributed by atoms with Gasteiger partial charge in [-0.3, -0.25) is 0 Å². The number of carboxylic acid groups (broad SMARTS) is 1. The van der Waals surface area contributed by atoms with Gasteiger partial charge in [-0.2, -0.15) is 4.98 Å². The van der Waals surface area contributed by atoms with Crippen LogP contribution in [0.15, 0.2) is 30.3 Å². The van der Waals surface area contributed by atoms with Gasteiger partial charge in [-0.05, 0) is 19.1 Å². The summed E-state index contributed by atoms with van der Waals surface area (Å²) < 4.78 is 11.2. The zero-order valence-electron chi connectivity index (χ0n) is 14.8. The first-order valence-corrected chi connectivity index (χ1v) is 8.35. The molecule has 1 aliphatic heterocycles. The fourth-order valence-electron chi connectivity index (χ4n) is 3.11. The number of carbonyl (C=O) groups is 1. The van der Waals surface area contributed by atoms with Gasteiger partial charge in [-0.1, -0.05) is 12.1 Å². The normalized spacial score (nSPS) is 16.2. The van der Waals surface area contributed by atoms with Crippen LogP contribution in [0.3, 0.4) is 0 Å². The van der Waals surface area contributed by atoms with Crippen LogP contribution in [0.1, 0.15) is 18.5 Å². The van der Waals surface area contributed by atoms with Crippen molar-refractivity contribution in [1.82, 2.24) is 9.97 Å². The quantitative estimate of drug-likeness (QED) is 0.833. The number of methoxy groups -OCH3 is 1. The number of nitrogens with two attached hydrogens (primary N) is 1. The molecule has 0 amide bonds. The van der Waals surface area contributed by atoms with Gasteiger partial charge in [0.05, 0.1) is 7.11 Å². The van der Waals surface area contributed by atoms with Crippen molar-refractivity contribution in [3.05, 3.63) is 36.0 Å². The lowest BCUT2D eigenvalue weighted by Gasteiger charge is -2.39. The number of aliphatic carboxylic acids is 1. The van der Waals surface area contributed by atoms with Crippen LogP contribution >= 0.6 is 0 Å². The van der Waals surface area contributed by atoms with Crippen molar-refractivity contribution in [3.63, 3.8) is 0 Å². The highest BCUT2D eigenvalue weighted by Crippen LogP contribution is 2.35. The molecule has 0 spiro atoms. The maximum Gasteiger partial charge on any atom is 0.348 e. The van der Waals surface area contributed by atoms with Gasteiger partial charge < -0.3 is 25.2 Å². The minimum Gasteiger partial charge on any atom is -0.493 e. The molecular formula is C18H22N4O4. The number of piperidine rings is 1. The van der Waals surface area contributed by atoms with Crippen molar-refractivity contribution in [1.29, 1.82) is 0 Å². The van der Waals surface area contributed by atoms with E-state index in [4.69, 9.17) is 15.2 Å². The molecule has 0 bridgehead atoms. The van der Waals surface area contributed by atoms with Crippen LogP contribution in [0.4, 0.5) is 11.8 Å². The summed E-state index contributed by atoms with van der Waals surface area (Å²) in [5.41, 5.74) is 5.18. The second-order valence-electron chi connectivity index (χ2n) is 6.27. The number of rotatable bonds is 5. The number of hydrogen-bond acceptors (Lipinski definition) is 7. The van der Waals surface area contributed by atoms with Gasteiger partial charge in [0.2, 0.25) is 11.5 Å². The van der Waals surface area contributed by atoms with Crippen LogP contribution in [0.2, 0.25) is 0 Å². The molecule has 1 fully saturated rings. The predicted molar refractivity (Wildman–Crippen MR) is 96.6 cm³/mol. The number of para-hydroxylation sites is 2. The molecule has 1 aromatic heterocycles. The van der Waals surface area contributed by atoms with E-state index in [-0.39, 0.29) is 5.95 Å². The number of benzene rings is 1. The third-order valence-electron chi connectivity index (χ3n) is 4.52. The minimum atomic E-state index is -1.31. The highest BCUT2D eigenvalue weighted by Gasteiger charge is 2.45. The molecule has 0 atom stereocenters. The number of carboxylic acids is 1. The minimum absolute atomic E-state index is 0.209. The molecule has 0 aliphatic carbocycles. The molecule has 0 saturated carbocycles. The molecule has 8 heteroatoms. The van der Waals surface area contributed by atoms with Crippen LogP contribution < -0.4 is 20.1 Å². The van der Waals surface area contributed by atoms with Crippen LogP contribution in [-0.4, -0.2) is 46.8 Å². The second kappa shape index (κ2) is 7.07. The molecule has 8 nitrogen and oxygen atoms in total. The Bertz CT molecular complexity index is 783. The monoisotopic (exact) mass is 358 g/mol. The van der Waals surface area contributed by atoms with Gasteiger partial charge in [0.15, 0.2) is 11.5 Å². The van der Waals surface area contributed by atoms with Gasteiger partial charge in [-0.15, -0.1) is 0 Å². The highest BCUT2D eigenvalue weighted by atomic mass is 16.5. The van der Waals surface area contributed by atoms with Gasteiger partial charge in [0.25, 0.3) is 0 Å².